The average molecular weight is 212 g/mol. The van der Waals surface area contributed by atoms with Crippen LogP contribution in [0.25, 0.3) is 0 Å². The van der Waals surface area contributed by atoms with Gasteiger partial charge in [-0.05, 0) is 18.1 Å². The Bertz CT molecular complexity index is 420. The van der Waals surface area contributed by atoms with E-state index in [0.29, 0.717) is 5.56 Å². The topological polar surface area (TPSA) is 55.1 Å². The number of carbonyl (C=O) groups excluding carboxylic acids is 1. The number of amides is 1. The van der Waals surface area contributed by atoms with Gasteiger partial charge < -0.3 is 11.1 Å². The summed E-state index contributed by atoms with van der Waals surface area (Å²) in [5.41, 5.74) is 5.91. The van der Waals surface area contributed by atoms with Gasteiger partial charge >= 0.3 is 0 Å². The Morgan fingerprint density at radius 1 is 1.47 bits per heavy atom. The van der Waals surface area contributed by atoms with Crippen LogP contribution in [-0.2, 0) is 11.2 Å². The SMILES string of the molecule is NCC1Cc2cc(F)cc(F)c2NC1=O. The van der Waals surface area contributed by atoms with Crippen molar-refractivity contribution in [1.29, 1.82) is 0 Å². The number of anilines is 1. The van der Waals surface area contributed by atoms with Gasteiger partial charge in [-0.2, -0.15) is 0 Å². The fraction of sp³-hybridized carbons (Fsp3) is 0.300. The highest BCUT2D eigenvalue weighted by Crippen LogP contribution is 2.28. The van der Waals surface area contributed by atoms with Crippen molar-refractivity contribution < 1.29 is 13.6 Å². The molecule has 15 heavy (non-hydrogen) atoms. The van der Waals surface area contributed by atoms with Gasteiger partial charge in [-0.25, -0.2) is 8.78 Å². The van der Waals surface area contributed by atoms with E-state index in [9.17, 15) is 13.6 Å². The van der Waals surface area contributed by atoms with Crippen molar-refractivity contribution in [2.75, 3.05) is 11.9 Å². The van der Waals surface area contributed by atoms with E-state index in [0.717, 1.165) is 6.07 Å². The van der Waals surface area contributed by atoms with Gasteiger partial charge in [-0.3, -0.25) is 4.79 Å². The Balaban J connectivity index is 2.45. The molecule has 5 heteroatoms. The van der Waals surface area contributed by atoms with Crippen molar-refractivity contribution in [3.05, 3.63) is 29.3 Å². The van der Waals surface area contributed by atoms with E-state index >= 15 is 0 Å². The van der Waals surface area contributed by atoms with Crippen LogP contribution in [0.1, 0.15) is 5.56 Å². The highest BCUT2D eigenvalue weighted by molar-refractivity contribution is 5.96. The summed E-state index contributed by atoms with van der Waals surface area (Å²) in [5.74, 6) is -2.10. The molecule has 3 N–H and O–H groups in total. The Kier molecular flexibility index (Phi) is 2.40. The molecule has 1 aromatic carbocycles. The molecule has 1 aliphatic heterocycles. The molecule has 0 spiro atoms. The number of hydrogen-bond acceptors (Lipinski definition) is 2. The maximum atomic E-state index is 13.3. The van der Waals surface area contributed by atoms with Crippen molar-refractivity contribution in [1.82, 2.24) is 0 Å². The lowest BCUT2D eigenvalue weighted by molar-refractivity contribution is -0.119. The lowest BCUT2D eigenvalue weighted by Gasteiger charge is -2.23. The van der Waals surface area contributed by atoms with E-state index in [1.54, 1.807) is 0 Å². The van der Waals surface area contributed by atoms with Crippen molar-refractivity contribution in [3.8, 4) is 0 Å². The zero-order chi connectivity index (χ0) is 11.0. The van der Waals surface area contributed by atoms with Gasteiger partial charge in [0.05, 0.1) is 11.6 Å². The molecule has 1 amide bonds. The molecule has 0 bridgehead atoms. The van der Waals surface area contributed by atoms with Crippen LogP contribution in [0.4, 0.5) is 14.5 Å². The highest BCUT2D eigenvalue weighted by Gasteiger charge is 2.27. The second-order valence-electron chi connectivity index (χ2n) is 3.55. The maximum absolute atomic E-state index is 13.3. The van der Waals surface area contributed by atoms with Gasteiger partial charge in [0, 0.05) is 12.6 Å². The zero-order valence-corrected chi connectivity index (χ0v) is 7.89. The van der Waals surface area contributed by atoms with Crippen LogP contribution < -0.4 is 11.1 Å². The minimum absolute atomic E-state index is 0.0751. The summed E-state index contributed by atoms with van der Waals surface area (Å²) in [4.78, 5) is 11.4. The maximum Gasteiger partial charge on any atom is 0.229 e. The zero-order valence-electron chi connectivity index (χ0n) is 7.89. The molecule has 0 aliphatic carbocycles. The van der Waals surface area contributed by atoms with Crippen LogP contribution in [0.15, 0.2) is 12.1 Å². The summed E-state index contributed by atoms with van der Waals surface area (Å²) < 4.78 is 26.2. The lowest BCUT2D eigenvalue weighted by atomic mass is 9.93. The summed E-state index contributed by atoms with van der Waals surface area (Å²) in [6.07, 6.45) is 0.284. The fourth-order valence-electron chi connectivity index (χ4n) is 1.70. The molecule has 3 nitrogen and oxygen atoms in total. The molecule has 80 valence electrons. The number of nitrogens with two attached hydrogens (primary N) is 1. The molecule has 1 atom stereocenters. The molecule has 0 saturated heterocycles. The Morgan fingerprint density at radius 2 is 2.20 bits per heavy atom. The van der Waals surface area contributed by atoms with Gasteiger partial charge in [-0.1, -0.05) is 0 Å². The van der Waals surface area contributed by atoms with E-state index in [1.807, 2.05) is 0 Å². The molecule has 1 unspecified atom stereocenters. The Hall–Kier alpha value is -1.49. The van der Waals surface area contributed by atoms with E-state index in [1.165, 1.54) is 6.07 Å². The molecule has 1 aromatic rings. The summed E-state index contributed by atoms with van der Waals surface area (Å²) >= 11 is 0. The number of nitrogens with one attached hydrogen (secondary N) is 1. The van der Waals surface area contributed by atoms with Crippen LogP contribution >= 0.6 is 0 Å². The normalized spacial score (nSPS) is 19.7. The first-order valence-electron chi connectivity index (χ1n) is 4.60. The molecular weight excluding hydrogens is 202 g/mol. The largest absolute Gasteiger partial charge is 0.330 e. The molecule has 0 saturated carbocycles. The van der Waals surface area contributed by atoms with E-state index in [-0.39, 0.29) is 24.6 Å². The second-order valence-corrected chi connectivity index (χ2v) is 3.55. The number of rotatable bonds is 1. The number of halogens is 2. The van der Waals surface area contributed by atoms with Crippen LogP contribution in [0.2, 0.25) is 0 Å². The van der Waals surface area contributed by atoms with Crippen LogP contribution in [0, 0.1) is 17.6 Å². The summed E-state index contributed by atoms with van der Waals surface area (Å²) in [7, 11) is 0. The van der Waals surface area contributed by atoms with Gasteiger partial charge in [0.25, 0.3) is 0 Å². The summed E-state index contributed by atoms with van der Waals surface area (Å²) in [5, 5.41) is 2.40. The van der Waals surface area contributed by atoms with E-state index in [4.69, 9.17) is 5.73 Å². The first-order valence-corrected chi connectivity index (χ1v) is 4.60. The number of fused-ring (bicyclic) bond motifs is 1. The fourth-order valence-corrected chi connectivity index (χ4v) is 1.70. The minimum Gasteiger partial charge on any atom is -0.330 e. The van der Waals surface area contributed by atoms with Crippen LogP contribution in [-0.4, -0.2) is 12.5 Å². The molecule has 1 heterocycles. The van der Waals surface area contributed by atoms with Gasteiger partial charge in [0.1, 0.15) is 11.6 Å². The van der Waals surface area contributed by atoms with Crippen molar-refractivity contribution in [2.24, 2.45) is 11.7 Å². The number of benzene rings is 1. The molecule has 2 rings (SSSR count). The monoisotopic (exact) mass is 212 g/mol. The first kappa shape index (κ1) is 10.0. The molecule has 0 fully saturated rings. The molecular formula is C10H10F2N2O. The van der Waals surface area contributed by atoms with Crippen LogP contribution in [0.5, 0.6) is 0 Å². The molecule has 0 aromatic heterocycles. The summed E-state index contributed by atoms with van der Waals surface area (Å²) in [6.45, 7) is 0.170. The third-order valence-electron chi connectivity index (χ3n) is 2.51. The highest BCUT2D eigenvalue weighted by atomic mass is 19.1. The number of hydrogen-bond donors (Lipinski definition) is 2. The van der Waals surface area contributed by atoms with Crippen molar-refractivity contribution in [2.45, 2.75) is 6.42 Å². The van der Waals surface area contributed by atoms with Crippen LogP contribution in [0.3, 0.4) is 0 Å². The van der Waals surface area contributed by atoms with E-state index < -0.39 is 17.6 Å². The van der Waals surface area contributed by atoms with E-state index in [2.05, 4.69) is 5.32 Å². The predicted molar refractivity (Wildman–Crippen MR) is 51.2 cm³/mol. The first-order chi connectivity index (χ1) is 7.11. The Labute approximate surface area is 85.3 Å². The minimum atomic E-state index is -0.742. The second kappa shape index (κ2) is 3.58. The standard InChI is InChI=1S/C10H10F2N2O/c11-7-2-5-1-6(4-13)10(15)14-9(5)8(12)3-7/h2-3,6H,1,4,13H2,(H,14,15). The van der Waals surface area contributed by atoms with Crippen molar-refractivity contribution >= 4 is 11.6 Å². The van der Waals surface area contributed by atoms with Gasteiger partial charge in [0.15, 0.2) is 0 Å². The summed E-state index contributed by atoms with van der Waals surface area (Å²) in [6, 6.07) is 1.97. The Morgan fingerprint density at radius 3 is 2.87 bits per heavy atom. The average Bonchev–Trinajstić information content (AvgIpc) is 2.18. The van der Waals surface area contributed by atoms with Crippen molar-refractivity contribution in [3.63, 3.8) is 0 Å². The third kappa shape index (κ3) is 1.70. The molecule has 1 aliphatic rings. The predicted octanol–water partition coefficient (Wildman–Crippen LogP) is 1.03. The van der Waals surface area contributed by atoms with Gasteiger partial charge in [-0.15, -0.1) is 0 Å². The third-order valence-corrected chi connectivity index (χ3v) is 2.51. The molecule has 0 radical (unpaired) electrons. The smallest absolute Gasteiger partial charge is 0.229 e. The lowest BCUT2D eigenvalue weighted by Crippen LogP contribution is -2.35. The van der Waals surface area contributed by atoms with Gasteiger partial charge in [0.2, 0.25) is 5.91 Å². The number of carbonyl (C=O) groups is 1. The quantitative estimate of drug-likeness (QED) is 0.730.